The molecule has 1 heterocycles. The fourth-order valence-corrected chi connectivity index (χ4v) is 3.23. The van der Waals surface area contributed by atoms with Crippen LogP contribution in [0.1, 0.15) is 42.2 Å². The summed E-state index contributed by atoms with van der Waals surface area (Å²) in [4.78, 5) is 39.1. The molecule has 2 N–H and O–H groups in total. The van der Waals surface area contributed by atoms with Gasteiger partial charge in [-0.1, -0.05) is 19.1 Å². The first-order valence-electron chi connectivity index (χ1n) is 9.20. The van der Waals surface area contributed by atoms with Gasteiger partial charge in [0.05, 0.1) is 24.2 Å². The van der Waals surface area contributed by atoms with Gasteiger partial charge in [-0.05, 0) is 49.2 Å². The molecule has 1 amide bonds. The zero-order valence-corrected chi connectivity index (χ0v) is 16.1. The van der Waals surface area contributed by atoms with Crippen molar-refractivity contribution in [3.05, 3.63) is 74.3 Å². The number of hydrogen-bond acceptors (Lipinski definition) is 4. The van der Waals surface area contributed by atoms with Crippen molar-refractivity contribution in [2.45, 2.75) is 32.9 Å². The number of rotatable bonds is 6. The first kappa shape index (κ1) is 19.4. The molecule has 1 unspecified atom stereocenters. The van der Waals surface area contributed by atoms with Crippen LogP contribution in [0.2, 0.25) is 0 Å². The van der Waals surface area contributed by atoms with Crippen molar-refractivity contribution in [1.82, 2.24) is 14.9 Å². The first-order chi connectivity index (χ1) is 13.5. The fourth-order valence-electron chi connectivity index (χ4n) is 3.23. The summed E-state index contributed by atoms with van der Waals surface area (Å²) in [7, 11) is 1.61. The van der Waals surface area contributed by atoms with Crippen molar-refractivity contribution in [3.8, 4) is 5.75 Å². The van der Waals surface area contributed by atoms with Crippen LogP contribution in [0.4, 0.5) is 0 Å². The molecule has 2 aromatic carbocycles. The number of nitrogens with zero attached hydrogens (tertiary/aromatic N) is 1. The lowest BCUT2D eigenvalue weighted by Crippen LogP contribution is -2.36. The number of carbonyl (C=O) groups excluding carboxylic acids is 1. The number of fused-ring (bicyclic) bond motifs is 1. The van der Waals surface area contributed by atoms with Crippen molar-refractivity contribution < 1.29 is 9.53 Å². The topological polar surface area (TPSA) is 93.2 Å². The van der Waals surface area contributed by atoms with Crippen molar-refractivity contribution >= 4 is 16.9 Å². The third-order valence-electron chi connectivity index (χ3n) is 4.79. The standard InChI is InChI=1S/C21H23N3O4/c1-4-16(13-6-9-15(28-3)10-7-13)22-19(25)14-8-11-18-17(12-14)23-20(26)21(27)24(18)5-2/h6-12,16H,4-5H2,1-3H3,(H,22,25)(H,23,26). The lowest BCUT2D eigenvalue weighted by atomic mass is 10.0. The zero-order valence-electron chi connectivity index (χ0n) is 16.1. The van der Waals surface area contributed by atoms with E-state index in [2.05, 4.69) is 10.3 Å². The average molecular weight is 381 g/mol. The predicted octanol–water partition coefficient (Wildman–Crippen LogP) is 2.60. The number of aryl methyl sites for hydroxylation is 1. The third-order valence-corrected chi connectivity index (χ3v) is 4.79. The van der Waals surface area contributed by atoms with Gasteiger partial charge in [-0.3, -0.25) is 14.4 Å². The number of carbonyl (C=O) groups is 1. The summed E-state index contributed by atoms with van der Waals surface area (Å²) in [6, 6.07) is 12.3. The van der Waals surface area contributed by atoms with Crippen LogP contribution in [0.3, 0.4) is 0 Å². The molecular formula is C21H23N3O4. The molecule has 7 nitrogen and oxygen atoms in total. The number of ether oxygens (including phenoxy) is 1. The number of aromatic nitrogens is 2. The number of hydrogen-bond donors (Lipinski definition) is 2. The maximum absolute atomic E-state index is 12.8. The molecule has 0 aliphatic heterocycles. The highest BCUT2D eigenvalue weighted by molar-refractivity contribution is 5.97. The van der Waals surface area contributed by atoms with E-state index in [9.17, 15) is 14.4 Å². The van der Waals surface area contributed by atoms with E-state index in [0.29, 0.717) is 23.1 Å². The van der Waals surface area contributed by atoms with E-state index < -0.39 is 11.1 Å². The third kappa shape index (κ3) is 3.69. The highest BCUT2D eigenvalue weighted by Gasteiger charge is 2.16. The largest absolute Gasteiger partial charge is 0.497 e. The SMILES string of the molecule is CCC(NC(=O)c1ccc2c(c1)[nH]c(=O)c(=O)n2CC)c1ccc(OC)cc1. The van der Waals surface area contributed by atoms with E-state index in [1.807, 2.05) is 31.2 Å². The maximum Gasteiger partial charge on any atom is 0.316 e. The van der Waals surface area contributed by atoms with Gasteiger partial charge < -0.3 is 19.6 Å². The molecule has 7 heteroatoms. The Morgan fingerprint density at radius 1 is 1.14 bits per heavy atom. The average Bonchev–Trinajstić information content (AvgIpc) is 2.72. The number of nitrogens with one attached hydrogen (secondary N) is 2. The van der Waals surface area contributed by atoms with Gasteiger partial charge in [0.2, 0.25) is 0 Å². The molecule has 3 rings (SSSR count). The molecule has 0 bridgehead atoms. The summed E-state index contributed by atoms with van der Waals surface area (Å²) in [6.45, 7) is 4.16. The molecule has 1 atom stereocenters. The van der Waals surface area contributed by atoms with Gasteiger partial charge in [-0.25, -0.2) is 0 Å². The summed E-state index contributed by atoms with van der Waals surface area (Å²) in [6.07, 6.45) is 0.720. The molecule has 0 saturated carbocycles. The Kier molecular flexibility index (Phi) is 5.63. The quantitative estimate of drug-likeness (QED) is 0.642. The van der Waals surface area contributed by atoms with E-state index in [1.165, 1.54) is 4.57 Å². The fraction of sp³-hybridized carbons (Fsp3) is 0.286. The van der Waals surface area contributed by atoms with Crippen LogP contribution in [0.25, 0.3) is 11.0 Å². The Hall–Kier alpha value is -3.35. The van der Waals surface area contributed by atoms with Crippen LogP contribution in [-0.4, -0.2) is 22.6 Å². The van der Waals surface area contributed by atoms with Gasteiger partial charge in [0, 0.05) is 12.1 Å². The lowest BCUT2D eigenvalue weighted by molar-refractivity contribution is 0.0935. The second-order valence-electron chi connectivity index (χ2n) is 6.44. The molecule has 0 saturated heterocycles. The van der Waals surface area contributed by atoms with Crippen LogP contribution in [-0.2, 0) is 6.54 Å². The zero-order chi connectivity index (χ0) is 20.3. The predicted molar refractivity (Wildman–Crippen MR) is 108 cm³/mol. The normalized spacial score (nSPS) is 12.0. The first-order valence-corrected chi connectivity index (χ1v) is 9.20. The van der Waals surface area contributed by atoms with Gasteiger partial charge in [0.25, 0.3) is 5.91 Å². The van der Waals surface area contributed by atoms with E-state index in [0.717, 1.165) is 17.7 Å². The number of aromatic amines is 1. The molecule has 3 aromatic rings. The van der Waals surface area contributed by atoms with E-state index in [4.69, 9.17) is 4.74 Å². The highest BCUT2D eigenvalue weighted by atomic mass is 16.5. The Balaban J connectivity index is 1.90. The highest BCUT2D eigenvalue weighted by Crippen LogP contribution is 2.21. The minimum atomic E-state index is -0.698. The summed E-state index contributed by atoms with van der Waals surface area (Å²) in [5.74, 6) is 0.505. The smallest absolute Gasteiger partial charge is 0.316 e. The molecule has 146 valence electrons. The van der Waals surface area contributed by atoms with Gasteiger partial charge in [0.1, 0.15) is 5.75 Å². The van der Waals surface area contributed by atoms with Crippen molar-refractivity contribution in [2.75, 3.05) is 7.11 Å². The summed E-state index contributed by atoms with van der Waals surface area (Å²) in [5.41, 5.74) is 1.14. The Bertz CT molecular complexity index is 1110. The lowest BCUT2D eigenvalue weighted by Gasteiger charge is -2.18. The minimum Gasteiger partial charge on any atom is -0.497 e. The van der Waals surface area contributed by atoms with E-state index in [1.54, 1.807) is 32.2 Å². The second kappa shape index (κ2) is 8.12. The maximum atomic E-state index is 12.8. The van der Waals surface area contributed by atoms with Crippen molar-refractivity contribution in [1.29, 1.82) is 0 Å². The number of amides is 1. The molecule has 1 aromatic heterocycles. The molecule has 0 aliphatic rings. The van der Waals surface area contributed by atoms with Crippen LogP contribution < -0.4 is 21.2 Å². The van der Waals surface area contributed by atoms with Gasteiger partial charge in [-0.2, -0.15) is 0 Å². The van der Waals surface area contributed by atoms with Crippen LogP contribution >= 0.6 is 0 Å². The number of benzene rings is 2. The molecule has 0 radical (unpaired) electrons. The Morgan fingerprint density at radius 2 is 1.86 bits per heavy atom. The van der Waals surface area contributed by atoms with Crippen LogP contribution in [0.15, 0.2) is 52.1 Å². The Labute approximate surface area is 162 Å². The summed E-state index contributed by atoms with van der Waals surface area (Å²) in [5, 5.41) is 3.02. The van der Waals surface area contributed by atoms with Gasteiger partial charge >= 0.3 is 11.1 Å². The number of methoxy groups -OCH3 is 1. The second-order valence-corrected chi connectivity index (χ2v) is 6.44. The van der Waals surface area contributed by atoms with Crippen LogP contribution in [0.5, 0.6) is 5.75 Å². The van der Waals surface area contributed by atoms with Gasteiger partial charge in [-0.15, -0.1) is 0 Å². The van der Waals surface area contributed by atoms with Crippen molar-refractivity contribution in [2.24, 2.45) is 0 Å². The van der Waals surface area contributed by atoms with Gasteiger partial charge in [0.15, 0.2) is 0 Å². The minimum absolute atomic E-state index is 0.155. The molecule has 0 fully saturated rings. The molecule has 0 aliphatic carbocycles. The Morgan fingerprint density at radius 3 is 2.46 bits per heavy atom. The summed E-state index contributed by atoms with van der Waals surface area (Å²) >= 11 is 0. The van der Waals surface area contributed by atoms with E-state index in [-0.39, 0.29) is 11.9 Å². The molecule has 0 spiro atoms. The number of H-pyrrole nitrogens is 1. The van der Waals surface area contributed by atoms with Crippen molar-refractivity contribution in [3.63, 3.8) is 0 Å². The summed E-state index contributed by atoms with van der Waals surface area (Å²) < 4.78 is 6.56. The van der Waals surface area contributed by atoms with Crippen LogP contribution in [0, 0.1) is 0 Å². The monoisotopic (exact) mass is 381 g/mol. The molecular weight excluding hydrogens is 358 g/mol. The van der Waals surface area contributed by atoms with E-state index >= 15 is 0 Å². The molecule has 28 heavy (non-hydrogen) atoms.